The number of nitrogens with one attached hydrogen (secondary N) is 1. The molecule has 174 valence electrons. The second-order valence-corrected chi connectivity index (χ2v) is 9.61. The normalized spacial score (nSPS) is 12.1. The first-order valence-electron chi connectivity index (χ1n) is 10.7. The second kappa shape index (κ2) is 11.9. The molecule has 0 saturated heterocycles. The number of methoxy groups -OCH3 is 1. The molecule has 0 aromatic heterocycles. The van der Waals surface area contributed by atoms with Crippen molar-refractivity contribution in [2.45, 2.75) is 58.7 Å². The van der Waals surface area contributed by atoms with Crippen molar-refractivity contribution in [3.63, 3.8) is 0 Å². The van der Waals surface area contributed by atoms with Crippen LogP contribution in [0.25, 0.3) is 0 Å². The van der Waals surface area contributed by atoms with Crippen molar-refractivity contribution in [2.75, 3.05) is 13.7 Å². The molecule has 6 nitrogen and oxygen atoms in total. The van der Waals surface area contributed by atoms with Crippen LogP contribution in [-0.4, -0.2) is 42.0 Å². The Morgan fingerprint density at radius 3 is 2.34 bits per heavy atom. The van der Waals surface area contributed by atoms with E-state index >= 15 is 0 Å². The number of benzene rings is 2. The number of hydrogen-bond acceptors (Lipinski definition) is 4. The predicted octanol–water partition coefficient (Wildman–Crippen LogP) is 4.95. The van der Waals surface area contributed by atoms with Crippen LogP contribution in [0.1, 0.15) is 46.1 Å². The van der Waals surface area contributed by atoms with Crippen LogP contribution in [0, 0.1) is 0 Å². The van der Waals surface area contributed by atoms with E-state index in [0.717, 1.165) is 21.5 Å². The fourth-order valence-corrected chi connectivity index (χ4v) is 3.56. The molecule has 0 bridgehead atoms. The molecule has 0 heterocycles. The molecule has 1 atom stereocenters. The van der Waals surface area contributed by atoms with Crippen molar-refractivity contribution >= 4 is 27.7 Å². The van der Waals surface area contributed by atoms with Crippen LogP contribution in [0.2, 0.25) is 0 Å². The van der Waals surface area contributed by atoms with Gasteiger partial charge in [-0.25, -0.2) is 0 Å². The fraction of sp³-hybridized carbons (Fsp3) is 0.440. The van der Waals surface area contributed by atoms with E-state index in [4.69, 9.17) is 9.47 Å². The van der Waals surface area contributed by atoms with Crippen molar-refractivity contribution in [3.8, 4) is 11.5 Å². The lowest BCUT2D eigenvalue weighted by atomic mass is 10.1. The van der Waals surface area contributed by atoms with Crippen LogP contribution >= 0.6 is 15.9 Å². The standard InChI is InChI=1S/C25H33BrN2O4/c1-18(24(30)27-25(2,3)4)28(17-19-8-6-9-20(26)16-19)23(29)10-7-15-32-22-13-11-21(31-5)12-14-22/h6,8-9,11-14,16,18H,7,10,15,17H2,1-5H3,(H,27,30)/t18-/m1/s1. The van der Waals surface area contributed by atoms with Crippen LogP contribution < -0.4 is 14.8 Å². The van der Waals surface area contributed by atoms with E-state index in [-0.39, 0.29) is 23.8 Å². The van der Waals surface area contributed by atoms with Crippen molar-refractivity contribution in [2.24, 2.45) is 0 Å². The third-order valence-electron chi connectivity index (χ3n) is 4.77. The molecule has 2 aromatic rings. The molecular formula is C25H33BrN2O4. The fourth-order valence-electron chi connectivity index (χ4n) is 3.12. The number of nitrogens with zero attached hydrogens (tertiary/aromatic N) is 1. The topological polar surface area (TPSA) is 67.9 Å². The number of amides is 2. The zero-order valence-electron chi connectivity index (χ0n) is 19.5. The molecule has 0 unspecified atom stereocenters. The van der Waals surface area contributed by atoms with Gasteiger partial charge in [0.1, 0.15) is 17.5 Å². The van der Waals surface area contributed by atoms with Gasteiger partial charge < -0.3 is 19.7 Å². The lowest BCUT2D eigenvalue weighted by Crippen LogP contribution is -2.52. The Labute approximate surface area is 199 Å². The monoisotopic (exact) mass is 504 g/mol. The third-order valence-corrected chi connectivity index (χ3v) is 5.26. The minimum atomic E-state index is -0.594. The summed E-state index contributed by atoms with van der Waals surface area (Å²) in [6.45, 7) is 8.31. The third kappa shape index (κ3) is 8.54. The average molecular weight is 505 g/mol. The van der Waals surface area contributed by atoms with E-state index in [0.29, 0.717) is 19.6 Å². The van der Waals surface area contributed by atoms with Crippen molar-refractivity contribution in [1.82, 2.24) is 10.2 Å². The molecule has 0 radical (unpaired) electrons. The Morgan fingerprint density at radius 1 is 1.09 bits per heavy atom. The van der Waals surface area contributed by atoms with Crippen molar-refractivity contribution in [3.05, 3.63) is 58.6 Å². The number of hydrogen-bond donors (Lipinski definition) is 1. The summed E-state index contributed by atoms with van der Waals surface area (Å²) >= 11 is 3.47. The predicted molar refractivity (Wildman–Crippen MR) is 130 cm³/mol. The van der Waals surface area contributed by atoms with Gasteiger partial charge in [-0.2, -0.15) is 0 Å². The molecule has 0 saturated carbocycles. The van der Waals surface area contributed by atoms with Gasteiger partial charge in [-0.3, -0.25) is 9.59 Å². The Morgan fingerprint density at radius 2 is 1.75 bits per heavy atom. The minimum Gasteiger partial charge on any atom is -0.497 e. The Hall–Kier alpha value is -2.54. The molecular weight excluding hydrogens is 472 g/mol. The second-order valence-electron chi connectivity index (χ2n) is 8.69. The molecule has 7 heteroatoms. The molecule has 0 fully saturated rings. The lowest BCUT2D eigenvalue weighted by molar-refractivity contribution is -0.141. The molecule has 2 rings (SSSR count). The first-order valence-corrected chi connectivity index (χ1v) is 11.5. The highest BCUT2D eigenvalue weighted by atomic mass is 79.9. The van der Waals surface area contributed by atoms with E-state index in [1.54, 1.807) is 18.9 Å². The minimum absolute atomic E-state index is 0.0835. The van der Waals surface area contributed by atoms with Gasteiger partial charge in [0, 0.05) is 23.0 Å². The summed E-state index contributed by atoms with van der Waals surface area (Å²) in [6, 6.07) is 14.5. The van der Waals surface area contributed by atoms with Gasteiger partial charge in [-0.05, 0) is 76.1 Å². The van der Waals surface area contributed by atoms with E-state index < -0.39 is 6.04 Å². The molecule has 0 spiro atoms. The quantitative estimate of drug-likeness (QED) is 0.464. The van der Waals surface area contributed by atoms with Gasteiger partial charge in [0.15, 0.2) is 0 Å². The number of rotatable bonds is 10. The summed E-state index contributed by atoms with van der Waals surface area (Å²) in [5.41, 5.74) is 0.583. The van der Waals surface area contributed by atoms with Gasteiger partial charge in [-0.15, -0.1) is 0 Å². The molecule has 2 amide bonds. The molecule has 1 N–H and O–H groups in total. The number of carbonyl (C=O) groups is 2. The van der Waals surface area contributed by atoms with Crippen molar-refractivity contribution < 1.29 is 19.1 Å². The van der Waals surface area contributed by atoms with Gasteiger partial charge in [0.25, 0.3) is 0 Å². The van der Waals surface area contributed by atoms with E-state index in [2.05, 4.69) is 21.2 Å². The van der Waals surface area contributed by atoms with Gasteiger partial charge >= 0.3 is 0 Å². The summed E-state index contributed by atoms with van der Waals surface area (Å²) in [4.78, 5) is 27.5. The number of ether oxygens (including phenoxy) is 2. The van der Waals surface area contributed by atoms with Crippen LogP contribution in [-0.2, 0) is 16.1 Å². The summed E-state index contributed by atoms with van der Waals surface area (Å²) in [5, 5.41) is 2.97. The van der Waals surface area contributed by atoms with Gasteiger partial charge in [0.2, 0.25) is 11.8 Å². The van der Waals surface area contributed by atoms with Crippen LogP contribution in [0.3, 0.4) is 0 Å². The average Bonchev–Trinajstić information content (AvgIpc) is 2.73. The molecule has 0 aliphatic heterocycles. The highest BCUT2D eigenvalue weighted by molar-refractivity contribution is 9.10. The van der Waals surface area contributed by atoms with Crippen LogP contribution in [0.4, 0.5) is 0 Å². The maximum absolute atomic E-state index is 13.1. The SMILES string of the molecule is COc1ccc(OCCCC(=O)N(Cc2cccc(Br)c2)[C@H](C)C(=O)NC(C)(C)C)cc1. The molecule has 0 aliphatic carbocycles. The highest BCUT2D eigenvalue weighted by Gasteiger charge is 2.28. The smallest absolute Gasteiger partial charge is 0.242 e. The van der Waals surface area contributed by atoms with E-state index in [1.165, 1.54) is 0 Å². The van der Waals surface area contributed by atoms with Crippen LogP contribution in [0.15, 0.2) is 53.0 Å². The van der Waals surface area contributed by atoms with Gasteiger partial charge in [0.05, 0.1) is 13.7 Å². The number of halogens is 1. The summed E-state index contributed by atoms with van der Waals surface area (Å²) in [6.07, 6.45) is 0.838. The first-order chi connectivity index (χ1) is 15.1. The van der Waals surface area contributed by atoms with Crippen molar-refractivity contribution in [1.29, 1.82) is 0 Å². The first kappa shape index (κ1) is 25.7. The summed E-state index contributed by atoms with van der Waals surface area (Å²) in [5.74, 6) is 1.23. The zero-order valence-corrected chi connectivity index (χ0v) is 21.1. The Bertz CT molecular complexity index is 894. The van der Waals surface area contributed by atoms with E-state index in [1.807, 2.05) is 69.3 Å². The molecule has 2 aromatic carbocycles. The summed E-state index contributed by atoms with van der Waals surface area (Å²) < 4.78 is 11.8. The largest absolute Gasteiger partial charge is 0.497 e. The highest BCUT2D eigenvalue weighted by Crippen LogP contribution is 2.19. The lowest BCUT2D eigenvalue weighted by Gasteiger charge is -2.31. The zero-order chi connectivity index (χ0) is 23.7. The maximum Gasteiger partial charge on any atom is 0.242 e. The molecule has 0 aliphatic rings. The number of carbonyl (C=O) groups excluding carboxylic acids is 2. The summed E-state index contributed by atoms with van der Waals surface area (Å²) in [7, 11) is 1.62. The Kier molecular flexibility index (Phi) is 9.57. The van der Waals surface area contributed by atoms with Crippen LogP contribution in [0.5, 0.6) is 11.5 Å². The van der Waals surface area contributed by atoms with Gasteiger partial charge in [-0.1, -0.05) is 28.1 Å². The Balaban J connectivity index is 2.01. The van der Waals surface area contributed by atoms with E-state index in [9.17, 15) is 9.59 Å². The maximum atomic E-state index is 13.1. The molecule has 32 heavy (non-hydrogen) atoms.